The van der Waals surface area contributed by atoms with Crippen molar-refractivity contribution in [3.8, 4) is 10.7 Å². The third-order valence-electron chi connectivity index (χ3n) is 3.24. The van der Waals surface area contributed by atoms with Crippen LogP contribution < -0.4 is 0 Å². The van der Waals surface area contributed by atoms with Crippen molar-refractivity contribution < 1.29 is 19.1 Å². The third kappa shape index (κ3) is 4.27. The molecule has 0 spiro atoms. The van der Waals surface area contributed by atoms with Gasteiger partial charge in [0.1, 0.15) is 6.61 Å². The molecule has 0 aliphatic carbocycles. The van der Waals surface area contributed by atoms with E-state index in [0.29, 0.717) is 11.4 Å². The molecule has 0 aliphatic heterocycles. The molecule has 0 atom stereocenters. The maximum atomic E-state index is 11.9. The summed E-state index contributed by atoms with van der Waals surface area (Å²) in [6.07, 6.45) is 0. The van der Waals surface area contributed by atoms with Gasteiger partial charge in [0, 0.05) is 0 Å². The van der Waals surface area contributed by atoms with Crippen molar-refractivity contribution in [1.82, 2.24) is 20.2 Å². The van der Waals surface area contributed by atoms with E-state index in [9.17, 15) is 9.59 Å². The van der Waals surface area contributed by atoms with E-state index in [2.05, 4.69) is 20.1 Å². The van der Waals surface area contributed by atoms with Crippen LogP contribution in [0.3, 0.4) is 0 Å². The van der Waals surface area contributed by atoms with E-state index < -0.39 is 11.9 Å². The molecule has 0 bridgehead atoms. The number of tetrazole rings is 1. The molecule has 3 rings (SSSR count). The maximum absolute atomic E-state index is 11.9. The molecule has 2 heterocycles. The van der Waals surface area contributed by atoms with Gasteiger partial charge in [-0.1, -0.05) is 18.2 Å². The molecule has 25 heavy (non-hydrogen) atoms. The number of rotatable bonds is 6. The van der Waals surface area contributed by atoms with Crippen molar-refractivity contribution in [3.05, 3.63) is 52.9 Å². The number of esters is 2. The highest BCUT2D eigenvalue weighted by molar-refractivity contribution is 7.13. The molecule has 0 saturated carbocycles. The maximum Gasteiger partial charge on any atom is 0.337 e. The topological polar surface area (TPSA) is 96.2 Å². The Morgan fingerprint density at radius 1 is 1.20 bits per heavy atom. The van der Waals surface area contributed by atoms with Crippen LogP contribution in [0.2, 0.25) is 0 Å². The van der Waals surface area contributed by atoms with E-state index in [4.69, 9.17) is 4.74 Å². The number of carbonyl (C=O) groups excluding carboxylic acids is 2. The smallest absolute Gasteiger partial charge is 0.337 e. The number of ether oxygens (including phenoxy) is 2. The average Bonchev–Trinajstić information content (AvgIpc) is 3.31. The van der Waals surface area contributed by atoms with Crippen molar-refractivity contribution in [1.29, 1.82) is 0 Å². The Morgan fingerprint density at radius 2 is 2.00 bits per heavy atom. The second kappa shape index (κ2) is 7.67. The Labute approximate surface area is 147 Å². The summed E-state index contributed by atoms with van der Waals surface area (Å²) >= 11 is 1.49. The predicted molar refractivity (Wildman–Crippen MR) is 88.7 cm³/mol. The zero-order chi connectivity index (χ0) is 17.6. The van der Waals surface area contributed by atoms with Crippen LogP contribution >= 0.6 is 11.3 Å². The SMILES string of the molecule is COC(=O)c1ccc(COC(=O)Cn2nnc(-c3cccs3)n2)cc1. The standard InChI is InChI=1S/C16H14N4O4S/c1-23-16(22)12-6-4-11(5-7-12)10-24-14(21)9-20-18-15(17-19-20)13-3-2-8-25-13/h2-8H,9-10H2,1H3. The number of hydrogen-bond acceptors (Lipinski definition) is 8. The van der Waals surface area contributed by atoms with E-state index >= 15 is 0 Å². The first kappa shape index (κ1) is 16.8. The summed E-state index contributed by atoms with van der Waals surface area (Å²) < 4.78 is 9.80. The molecular weight excluding hydrogens is 344 g/mol. The molecule has 0 aliphatic rings. The molecule has 2 aromatic heterocycles. The van der Waals surface area contributed by atoms with Crippen molar-refractivity contribution in [2.75, 3.05) is 7.11 Å². The summed E-state index contributed by atoms with van der Waals surface area (Å²) in [5, 5.41) is 13.8. The summed E-state index contributed by atoms with van der Waals surface area (Å²) in [6, 6.07) is 10.4. The van der Waals surface area contributed by atoms with Crippen LogP contribution in [0.15, 0.2) is 41.8 Å². The zero-order valence-electron chi connectivity index (χ0n) is 13.3. The van der Waals surface area contributed by atoms with Gasteiger partial charge in [-0.25, -0.2) is 9.59 Å². The molecule has 0 saturated heterocycles. The molecule has 3 aromatic rings. The first-order valence-corrected chi connectivity index (χ1v) is 8.18. The van der Waals surface area contributed by atoms with Gasteiger partial charge in [-0.05, 0) is 34.4 Å². The highest BCUT2D eigenvalue weighted by Crippen LogP contribution is 2.19. The minimum Gasteiger partial charge on any atom is -0.465 e. The van der Waals surface area contributed by atoms with Crippen LogP contribution in [0.5, 0.6) is 0 Å². The van der Waals surface area contributed by atoms with Crippen LogP contribution in [0.4, 0.5) is 0 Å². The normalized spacial score (nSPS) is 10.4. The van der Waals surface area contributed by atoms with Gasteiger partial charge in [-0.3, -0.25) is 0 Å². The molecule has 0 radical (unpaired) electrons. The Hall–Kier alpha value is -3.07. The second-order valence-corrected chi connectivity index (χ2v) is 5.92. The first-order valence-electron chi connectivity index (χ1n) is 7.30. The Bertz CT molecular complexity index is 859. The van der Waals surface area contributed by atoms with Gasteiger partial charge in [-0.2, -0.15) is 4.80 Å². The fourth-order valence-corrected chi connectivity index (χ4v) is 2.64. The lowest BCUT2D eigenvalue weighted by molar-refractivity contribution is -0.146. The first-order chi connectivity index (χ1) is 12.2. The Kier molecular flexibility index (Phi) is 5.14. The van der Waals surface area contributed by atoms with E-state index in [1.807, 2.05) is 17.5 Å². The van der Waals surface area contributed by atoms with Gasteiger partial charge in [0.05, 0.1) is 17.6 Å². The lowest BCUT2D eigenvalue weighted by atomic mass is 10.1. The quantitative estimate of drug-likeness (QED) is 0.621. The zero-order valence-corrected chi connectivity index (χ0v) is 14.1. The summed E-state index contributed by atoms with van der Waals surface area (Å²) in [5.41, 5.74) is 1.19. The molecule has 0 unspecified atom stereocenters. The lowest BCUT2D eigenvalue weighted by Crippen LogP contribution is -2.15. The molecule has 9 heteroatoms. The van der Waals surface area contributed by atoms with Crippen LogP contribution in [0, 0.1) is 0 Å². The minimum atomic E-state index is -0.479. The van der Waals surface area contributed by atoms with Crippen LogP contribution in [-0.4, -0.2) is 39.3 Å². The Morgan fingerprint density at radius 3 is 2.68 bits per heavy atom. The van der Waals surface area contributed by atoms with Crippen molar-refractivity contribution in [3.63, 3.8) is 0 Å². The van der Waals surface area contributed by atoms with Crippen LogP contribution in [-0.2, 0) is 27.4 Å². The predicted octanol–water partition coefficient (Wildman–Crippen LogP) is 1.93. The molecule has 128 valence electrons. The van der Waals surface area contributed by atoms with Gasteiger partial charge in [-0.15, -0.1) is 21.5 Å². The second-order valence-electron chi connectivity index (χ2n) is 4.97. The number of thiophene rings is 1. The number of nitrogens with zero attached hydrogens (tertiary/aromatic N) is 4. The van der Waals surface area contributed by atoms with E-state index in [0.717, 1.165) is 10.4 Å². The van der Waals surface area contributed by atoms with Gasteiger partial charge in [0.25, 0.3) is 0 Å². The highest BCUT2D eigenvalue weighted by atomic mass is 32.1. The fourth-order valence-electron chi connectivity index (χ4n) is 1.99. The number of benzene rings is 1. The number of aromatic nitrogens is 4. The van der Waals surface area contributed by atoms with Crippen LogP contribution in [0.25, 0.3) is 10.7 Å². The van der Waals surface area contributed by atoms with Gasteiger partial charge in [0.15, 0.2) is 6.54 Å². The van der Waals surface area contributed by atoms with E-state index in [1.54, 1.807) is 24.3 Å². The summed E-state index contributed by atoms with van der Waals surface area (Å²) in [6.45, 7) is -0.0363. The van der Waals surface area contributed by atoms with Crippen molar-refractivity contribution in [2.45, 2.75) is 13.2 Å². The van der Waals surface area contributed by atoms with Gasteiger partial charge < -0.3 is 9.47 Å². The van der Waals surface area contributed by atoms with E-state index in [-0.39, 0.29) is 13.2 Å². The fraction of sp³-hybridized carbons (Fsp3) is 0.188. The Balaban J connectivity index is 1.52. The molecular formula is C16H14N4O4S. The molecule has 0 N–H and O–H groups in total. The average molecular weight is 358 g/mol. The van der Waals surface area contributed by atoms with Gasteiger partial charge >= 0.3 is 11.9 Å². The monoisotopic (exact) mass is 358 g/mol. The molecule has 8 nitrogen and oxygen atoms in total. The molecule has 0 amide bonds. The van der Waals surface area contributed by atoms with Gasteiger partial charge in [0.2, 0.25) is 5.82 Å². The molecule has 0 fully saturated rings. The van der Waals surface area contributed by atoms with Crippen molar-refractivity contribution >= 4 is 23.3 Å². The van der Waals surface area contributed by atoms with Crippen molar-refractivity contribution in [2.24, 2.45) is 0 Å². The summed E-state index contributed by atoms with van der Waals surface area (Å²) in [7, 11) is 1.32. The third-order valence-corrected chi connectivity index (χ3v) is 4.11. The number of methoxy groups -OCH3 is 1. The minimum absolute atomic E-state index is 0.0900. The number of hydrogen-bond donors (Lipinski definition) is 0. The highest BCUT2D eigenvalue weighted by Gasteiger charge is 2.11. The van der Waals surface area contributed by atoms with E-state index in [1.165, 1.54) is 23.2 Å². The lowest BCUT2D eigenvalue weighted by Gasteiger charge is -2.05. The largest absolute Gasteiger partial charge is 0.465 e. The van der Waals surface area contributed by atoms with Crippen LogP contribution in [0.1, 0.15) is 15.9 Å². The summed E-state index contributed by atoms with van der Waals surface area (Å²) in [4.78, 5) is 25.3. The number of carbonyl (C=O) groups is 2. The summed E-state index contributed by atoms with van der Waals surface area (Å²) in [5.74, 6) is -0.421. The molecule has 1 aromatic carbocycles.